The first kappa shape index (κ1) is 15.0. The summed E-state index contributed by atoms with van der Waals surface area (Å²) >= 11 is 0. The number of rotatable bonds is 5. The van der Waals surface area contributed by atoms with Crippen LogP contribution in [0.2, 0.25) is 0 Å². The molecule has 0 aromatic heterocycles. The normalized spacial score (nSPS) is 13.7. The van der Waals surface area contributed by atoms with E-state index in [1.54, 1.807) is 0 Å². The van der Waals surface area contributed by atoms with E-state index >= 15 is 0 Å². The summed E-state index contributed by atoms with van der Waals surface area (Å²) in [7, 11) is 0. The second kappa shape index (κ2) is 6.23. The Kier molecular flexibility index (Phi) is 5.20. The minimum absolute atomic E-state index is 0.0183. The molecule has 0 amide bonds. The van der Waals surface area contributed by atoms with Gasteiger partial charge in [0.15, 0.2) is 0 Å². The third-order valence-electron chi connectivity index (χ3n) is 3.04. The van der Waals surface area contributed by atoms with E-state index in [-0.39, 0.29) is 12.8 Å². The van der Waals surface area contributed by atoms with Gasteiger partial charge in [0.05, 0.1) is 6.10 Å². The number of hydrogen-bond donors (Lipinski definition) is 1. The monoisotopic (exact) mass is 260 g/mol. The predicted octanol–water partition coefficient (Wildman–Crippen LogP) is 3.94. The molecule has 4 heteroatoms. The molecule has 1 aromatic rings. The van der Waals surface area contributed by atoms with Gasteiger partial charge in [0.25, 0.3) is 0 Å². The van der Waals surface area contributed by atoms with Crippen molar-refractivity contribution in [1.82, 2.24) is 0 Å². The predicted molar refractivity (Wildman–Crippen MR) is 65.5 cm³/mol. The van der Waals surface area contributed by atoms with Crippen LogP contribution >= 0.6 is 0 Å². The molecule has 0 bridgehead atoms. The summed E-state index contributed by atoms with van der Waals surface area (Å²) in [5, 5.41) is 9.69. The highest BCUT2D eigenvalue weighted by Gasteiger charge is 2.26. The Hall–Kier alpha value is -1.03. The molecule has 1 N–H and O–H groups in total. The van der Waals surface area contributed by atoms with Crippen molar-refractivity contribution in [2.24, 2.45) is 0 Å². The van der Waals surface area contributed by atoms with Crippen LogP contribution < -0.4 is 0 Å². The number of alkyl halides is 3. The Labute approximate surface area is 106 Å². The maximum atomic E-state index is 11.9. The van der Waals surface area contributed by atoms with Crippen LogP contribution in [0.1, 0.15) is 36.0 Å². The van der Waals surface area contributed by atoms with E-state index in [1.165, 1.54) is 5.56 Å². The zero-order valence-electron chi connectivity index (χ0n) is 10.7. The molecule has 1 nitrogen and oxygen atoms in total. The molecule has 0 heterocycles. The lowest BCUT2D eigenvalue weighted by molar-refractivity contribution is -0.136. The zero-order chi connectivity index (χ0) is 13.8. The van der Waals surface area contributed by atoms with E-state index in [4.69, 9.17) is 0 Å². The van der Waals surface area contributed by atoms with Crippen LogP contribution in [0.25, 0.3) is 0 Å². The molecule has 1 unspecified atom stereocenters. The van der Waals surface area contributed by atoms with Gasteiger partial charge in [0.2, 0.25) is 0 Å². The molecule has 18 heavy (non-hydrogen) atoms. The molecule has 0 spiro atoms. The average Bonchev–Trinajstić information content (AvgIpc) is 2.21. The zero-order valence-corrected chi connectivity index (χ0v) is 10.7. The fraction of sp³-hybridized carbons (Fsp3) is 0.571. The molecule has 0 aliphatic rings. The highest BCUT2D eigenvalue weighted by molar-refractivity contribution is 5.30. The quantitative estimate of drug-likeness (QED) is 0.850. The SMILES string of the molecule is Cc1ccc(CC(O)CCCC(F)(F)F)cc1C. The van der Waals surface area contributed by atoms with Gasteiger partial charge in [0.1, 0.15) is 0 Å². The van der Waals surface area contributed by atoms with Gasteiger partial charge in [-0.1, -0.05) is 18.2 Å². The van der Waals surface area contributed by atoms with E-state index < -0.39 is 18.7 Å². The van der Waals surface area contributed by atoms with Gasteiger partial charge in [-0.05, 0) is 49.8 Å². The number of hydrogen-bond acceptors (Lipinski definition) is 1. The van der Waals surface area contributed by atoms with Gasteiger partial charge in [-0.2, -0.15) is 13.2 Å². The molecule has 1 rings (SSSR count). The Morgan fingerprint density at radius 2 is 1.83 bits per heavy atom. The second-order valence-electron chi connectivity index (χ2n) is 4.78. The lowest BCUT2D eigenvalue weighted by Crippen LogP contribution is -2.13. The van der Waals surface area contributed by atoms with Crippen molar-refractivity contribution in [2.45, 2.75) is 51.8 Å². The highest BCUT2D eigenvalue weighted by Crippen LogP contribution is 2.23. The van der Waals surface area contributed by atoms with Gasteiger partial charge in [-0.3, -0.25) is 0 Å². The van der Waals surface area contributed by atoms with Gasteiger partial charge in [-0.25, -0.2) is 0 Å². The summed E-state index contributed by atoms with van der Waals surface area (Å²) in [6.45, 7) is 3.98. The van der Waals surface area contributed by atoms with Crippen molar-refractivity contribution in [3.05, 3.63) is 34.9 Å². The number of aliphatic hydroxyl groups excluding tert-OH is 1. The number of aryl methyl sites for hydroxylation is 2. The van der Waals surface area contributed by atoms with E-state index in [1.807, 2.05) is 32.0 Å². The molecule has 0 radical (unpaired) electrons. The molecule has 0 aliphatic heterocycles. The van der Waals surface area contributed by atoms with Gasteiger partial charge >= 0.3 is 6.18 Å². The lowest BCUT2D eigenvalue weighted by Gasteiger charge is -2.12. The van der Waals surface area contributed by atoms with Crippen LogP contribution in [0.3, 0.4) is 0 Å². The Morgan fingerprint density at radius 3 is 2.39 bits per heavy atom. The van der Waals surface area contributed by atoms with Gasteiger partial charge in [-0.15, -0.1) is 0 Å². The van der Waals surface area contributed by atoms with Crippen LogP contribution in [-0.2, 0) is 6.42 Å². The fourth-order valence-electron chi connectivity index (χ4n) is 1.84. The molecule has 0 fully saturated rings. The van der Waals surface area contributed by atoms with Crippen molar-refractivity contribution >= 4 is 0 Å². The van der Waals surface area contributed by atoms with Crippen molar-refractivity contribution < 1.29 is 18.3 Å². The van der Waals surface area contributed by atoms with Crippen molar-refractivity contribution in [3.8, 4) is 0 Å². The lowest BCUT2D eigenvalue weighted by atomic mass is 10.00. The van der Waals surface area contributed by atoms with Gasteiger partial charge < -0.3 is 5.11 Å². The van der Waals surface area contributed by atoms with Crippen LogP contribution in [0.5, 0.6) is 0 Å². The summed E-state index contributed by atoms with van der Waals surface area (Å²) < 4.78 is 35.8. The Balaban J connectivity index is 2.40. The average molecular weight is 260 g/mol. The molecule has 0 aliphatic carbocycles. The Morgan fingerprint density at radius 1 is 1.17 bits per heavy atom. The molecule has 0 saturated heterocycles. The number of benzene rings is 1. The summed E-state index contributed by atoms with van der Waals surface area (Å²) in [5.41, 5.74) is 3.28. The number of halogens is 3. The summed E-state index contributed by atoms with van der Waals surface area (Å²) in [4.78, 5) is 0. The first-order valence-corrected chi connectivity index (χ1v) is 6.09. The van der Waals surface area contributed by atoms with Crippen molar-refractivity contribution in [2.75, 3.05) is 0 Å². The first-order chi connectivity index (χ1) is 8.28. The minimum atomic E-state index is -4.12. The van der Waals surface area contributed by atoms with Crippen LogP contribution in [0.4, 0.5) is 13.2 Å². The molecule has 1 aromatic carbocycles. The topological polar surface area (TPSA) is 20.2 Å². The molecular weight excluding hydrogens is 241 g/mol. The molecule has 1 atom stereocenters. The molecule has 102 valence electrons. The maximum absolute atomic E-state index is 11.9. The molecule has 0 saturated carbocycles. The maximum Gasteiger partial charge on any atom is 0.389 e. The summed E-state index contributed by atoms with van der Waals surface area (Å²) in [6.07, 6.45) is -5.06. The third kappa shape index (κ3) is 5.54. The highest BCUT2D eigenvalue weighted by atomic mass is 19.4. The smallest absolute Gasteiger partial charge is 0.389 e. The number of aliphatic hydroxyl groups is 1. The van der Waals surface area contributed by atoms with Crippen LogP contribution in [0, 0.1) is 13.8 Å². The second-order valence-corrected chi connectivity index (χ2v) is 4.78. The van der Waals surface area contributed by atoms with Crippen molar-refractivity contribution in [3.63, 3.8) is 0 Å². The van der Waals surface area contributed by atoms with E-state index in [2.05, 4.69) is 0 Å². The molecular formula is C14H19F3O. The van der Waals surface area contributed by atoms with Gasteiger partial charge in [0, 0.05) is 6.42 Å². The van der Waals surface area contributed by atoms with Crippen molar-refractivity contribution in [1.29, 1.82) is 0 Å². The third-order valence-corrected chi connectivity index (χ3v) is 3.04. The first-order valence-electron chi connectivity index (χ1n) is 6.09. The fourth-order valence-corrected chi connectivity index (χ4v) is 1.84. The largest absolute Gasteiger partial charge is 0.393 e. The summed E-state index contributed by atoms with van der Waals surface area (Å²) in [5.74, 6) is 0. The van der Waals surface area contributed by atoms with Crippen LogP contribution in [-0.4, -0.2) is 17.4 Å². The van der Waals surface area contributed by atoms with E-state index in [0.29, 0.717) is 6.42 Å². The Bertz CT molecular complexity index is 385. The van der Waals surface area contributed by atoms with E-state index in [9.17, 15) is 18.3 Å². The standard InChI is InChI=1S/C14H19F3O/c1-10-5-6-12(8-11(10)2)9-13(18)4-3-7-14(15,16)17/h5-6,8,13,18H,3-4,7,9H2,1-2H3. The summed E-state index contributed by atoms with van der Waals surface area (Å²) in [6, 6.07) is 5.85. The van der Waals surface area contributed by atoms with Crippen LogP contribution in [0.15, 0.2) is 18.2 Å². The van der Waals surface area contributed by atoms with E-state index in [0.717, 1.165) is 11.1 Å². The minimum Gasteiger partial charge on any atom is -0.393 e.